The Kier molecular flexibility index (Phi) is 4.19. The summed E-state index contributed by atoms with van der Waals surface area (Å²) in [5, 5.41) is 0. The Bertz CT molecular complexity index is 519. The number of ether oxygens (including phenoxy) is 1. The van der Waals surface area contributed by atoms with E-state index in [0.29, 0.717) is 12.2 Å². The van der Waals surface area contributed by atoms with Crippen LogP contribution in [0.2, 0.25) is 0 Å². The van der Waals surface area contributed by atoms with E-state index in [1.54, 1.807) is 7.11 Å². The highest BCUT2D eigenvalue weighted by molar-refractivity contribution is 7.80. The van der Waals surface area contributed by atoms with E-state index in [4.69, 9.17) is 22.7 Å². The molecule has 1 saturated heterocycles. The number of benzene rings is 1. The first-order valence-electron chi connectivity index (χ1n) is 6.11. The van der Waals surface area contributed by atoms with Crippen molar-refractivity contribution in [2.45, 2.75) is 18.7 Å². The summed E-state index contributed by atoms with van der Waals surface area (Å²) in [6.45, 7) is 1.39. The third-order valence-corrected chi connectivity index (χ3v) is 3.64. The van der Waals surface area contributed by atoms with Crippen LogP contribution in [0, 0.1) is 0 Å². The van der Waals surface area contributed by atoms with Gasteiger partial charge in [-0.25, -0.2) is 0 Å². The molecule has 1 aliphatic heterocycles. The monoisotopic (exact) mass is 304 g/mol. The second kappa shape index (κ2) is 5.57. The molecule has 0 saturated carbocycles. The fraction of sp³-hybridized carbons (Fsp3) is 0.462. The Hall–Kier alpha value is -1.34. The van der Waals surface area contributed by atoms with E-state index in [9.17, 15) is 13.2 Å². The molecule has 1 unspecified atom stereocenters. The fourth-order valence-corrected chi connectivity index (χ4v) is 2.50. The number of rotatable bonds is 3. The molecule has 0 aliphatic carbocycles. The molecule has 1 aliphatic rings. The van der Waals surface area contributed by atoms with Crippen molar-refractivity contribution < 1.29 is 17.9 Å². The average Bonchev–Trinajstić information content (AvgIpc) is 2.85. The third kappa shape index (κ3) is 3.04. The molecule has 1 aromatic carbocycles. The summed E-state index contributed by atoms with van der Waals surface area (Å²) in [5.41, 5.74) is 5.17. The maximum absolute atomic E-state index is 12.9. The first-order valence-corrected chi connectivity index (χ1v) is 6.52. The fourth-order valence-electron chi connectivity index (χ4n) is 2.34. The second-order valence-corrected chi connectivity index (χ2v) is 5.12. The van der Waals surface area contributed by atoms with Crippen molar-refractivity contribution in [2.75, 3.05) is 25.1 Å². The molecular weight excluding hydrogens is 289 g/mol. The molecule has 20 heavy (non-hydrogen) atoms. The van der Waals surface area contributed by atoms with Crippen LogP contribution >= 0.6 is 12.2 Å². The molecule has 1 atom stereocenters. The lowest BCUT2D eigenvalue weighted by molar-refractivity contribution is -0.137. The number of anilines is 1. The molecule has 2 N–H and O–H groups in total. The van der Waals surface area contributed by atoms with Crippen molar-refractivity contribution in [3.8, 4) is 0 Å². The number of methoxy groups -OCH3 is 1. The Morgan fingerprint density at radius 3 is 2.65 bits per heavy atom. The van der Waals surface area contributed by atoms with Gasteiger partial charge in [-0.05, 0) is 24.6 Å². The van der Waals surface area contributed by atoms with Gasteiger partial charge < -0.3 is 15.4 Å². The van der Waals surface area contributed by atoms with Crippen LogP contribution in [0.3, 0.4) is 0 Å². The SMILES string of the molecule is COC1CCN(c2ccc(C(F)(F)F)c(C(N)=S)c2)C1. The van der Waals surface area contributed by atoms with Crippen LogP contribution < -0.4 is 10.6 Å². The lowest BCUT2D eigenvalue weighted by Crippen LogP contribution is -2.24. The Morgan fingerprint density at radius 1 is 1.45 bits per heavy atom. The summed E-state index contributed by atoms with van der Waals surface area (Å²) in [6, 6.07) is 3.88. The number of nitrogens with two attached hydrogens (primary N) is 1. The van der Waals surface area contributed by atoms with Gasteiger partial charge in [-0.15, -0.1) is 0 Å². The van der Waals surface area contributed by atoms with E-state index in [-0.39, 0.29) is 16.7 Å². The summed E-state index contributed by atoms with van der Waals surface area (Å²) < 4.78 is 43.9. The zero-order chi connectivity index (χ0) is 14.9. The summed E-state index contributed by atoms with van der Waals surface area (Å²) in [4.78, 5) is 1.72. The Morgan fingerprint density at radius 2 is 2.15 bits per heavy atom. The van der Waals surface area contributed by atoms with Crippen LogP contribution in [0.5, 0.6) is 0 Å². The van der Waals surface area contributed by atoms with Crippen molar-refractivity contribution in [3.05, 3.63) is 29.3 Å². The van der Waals surface area contributed by atoms with Crippen molar-refractivity contribution in [1.29, 1.82) is 0 Å². The van der Waals surface area contributed by atoms with E-state index in [0.717, 1.165) is 19.0 Å². The predicted molar refractivity (Wildman–Crippen MR) is 75.0 cm³/mol. The maximum atomic E-state index is 12.9. The molecule has 0 bridgehead atoms. The third-order valence-electron chi connectivity index (χ3n) is 3.42. The van der Waals surface area contributed by atoms with Gasteiger partial charge in [0.25, 0.3) is 0 Å². The van der Waals surface area contributed by atoms with Crippen molar-refractivity contribution >= 4 is 22.9 Å². The minimum atomic E-state index is -4.46. The first-order chi connectivity index (χ1) is 9.32. The molecule has 1 fully saturated rings. The maximum Gasteiger partial charge on any atom is 0.417 e. The number of halogens is 3. The van der Waals surface area contributed by atoms with Gasteiger partial charge in [0.05, 0.1) is 11.7 Å². The lowest BCUT2D eigenvalue weighted by atomic mass is 10.1. The summed E-state index contributed by atoms with van der Waals surface area (Å²) in [6.07, 6.45) is -3.51. The molecule has 0 aromatic heterocycles. The lowest BCUT2D eigenvalue weighted by Gasteiger charge is -2.21. The van der Waals surface area contributed by atoms with Crippen LogP contribution in [-0.2, 0) is 10.9 Å². The number of alkyl halides is 3. The predicted octanol–water partition coefficient (Wildman–Crippen LogP) is 2.56. The van der Waals surface area contributed by atoms with E-state index < -0.39 is 11.7 Å². The molecule has 0 spiro atoms. The summed E-state index contributed by atoms with van der Waals surface area (Å²) >= 11 is 4.73. The molecular formula is C13H15F3N2OS. The van der Waals surface area contributed by atoms with Crippen LogP contribution in [-0.4, -0.2) is 31.3 Å². The smallest absolute Gasteiger partial charge is 0.389 e. The Balaban J connectivity index is 2.34. The van der Waals surface area contributed by atoms with E-state index in [2.05, 4.69) is 0 Å². The van der Waals surface area contributed by atoms with Gasteiger partial charge in [0.1, 0.15) is 4.99 Å². The minimum absolute atomic E-state index is 0.102. The number of thiocarbonyl (C=S) groups is 1. The molecule has 1 aromatic rings. The van der Waals surface area contributed by atoms with E-state index in [1.165, 1.54) is 12.1 Å². The Labute approximate surface area is 120 Å². The molecule has 1 heterocycles. The average molecular weight is 304 g/mol. The topological polar surface area (TPSA) is 38.5 Å². The van der Waals surface area contributed by atoms with Crippen LogP contribution in [0.1, 0.15) is 17.5 Å². The number of nitrogens with zero attached hydrogens (tertiary/aromatic N) is 1. The standard InChI is InChI=1S/C13H15F3N2OS/c1-19-9-4-5-18(7-9)8-2-3-11(13(14,15)16)10(6-8)12(17)20/h2-3,6,9H,4-5,7H2,1H3,(H2,17,20). The van der Waals surface area contributed by atoms with Crippen LogP contribution in [0.15, 0.2) is 18.2 Å². The first kappa shape index (κ1) is 15.1. The van der Waals surface area contributed by atoms with Crippen molar-refractivity contribution in [2.24, 2.45) is 5.73 Å². The van der Waals surface area contributed by atoms with Crippen LogP contribution in [0.4, 0.5) is 18.9 Å². The van der Waals surface area contributed by atoms with Gasteiger partial charge in [0.2, 0.25) is 0 Å². The molecule has 2 rings (SSSR count). The van der Waals surface area contributed by atoms with Gasteiger partial charge >= 0.3 is 6.18 Å². The van der Waals surface area contributed by atoms with Gasteiger partial charge in [-0.3, -0.25) is 0 Å². The molecule has 0 radical (unpaired) electrons. The minimum Gasteiger partial charge on any atom is -0.389 e. The molecule has 0 amide bonds. The normalized spacial score (nSPS) is 19.4. The highest BCUT2D eigenvalue weighted by Gasteiger charge is 2.34. The van der Waals surface area contributed by atoms with Crippen LogP contribution in [0.25, 0.3) is 0 Å². The second-order valence-electron chi connectivity index (χ2n) is 4.68. The van der Waals surface area contributed by atoms with E-state index in [1.807, 2.05) is 4.90 Å². The highest BCUT2D eigenvalue weighted by atomic mass is 32.1. The molecule has 3 nitrogen and oxygen atoms in total. The summed E-state index contributed by atoms with van der Waals surface area (Å²) in [5.74, 6) is 0. The van der Waals surface area contributed by atoms with E-state index >= 15 is 0 Å². The van der Waals surface area contributed by atoms with Gasteiger partial charge in [0.15, 0.2) is 0 Å². The summed E-state index contributed by atoms with van der Waals surface area (Å²) in [7, 11) is 1.63. The van der Waals surface area contributed by atoms with Gasteiger partial charge in [-0.2, -0.15) is 13.2 Å². The zero-order valence-corrected chi connectivity index (χ0v) is 11.7. The van der Waals surface area contributed by atoms with Crippen molar-refractivity contribution in [3.63, 3.8) is 0 Å². The largest absolute Gasteiger partial charge is 0.417 e. The van der Waals surface area contributed by atoms with Gasteiger partial charge in [0, 0.05) is 31.5 Å². The molecule has 7 heteroatoms. The number of hydrogen-bond donors (Lipinski definition) is 1. The van der Waals surface area contributed by atoms with Crippen molar-refractivity contribution in [1.82, 2.24) is 0 Å². The van der Waals surface area contributed by atoms with Gasteiger partial charge in [-0.1, -0.05) is 12.2 Å². The quantitative estimate of drug-likeness (QED) is 0.871. The highest BCUT2D eigenvalue weighted by Crippen LogP contribution is 2.34. The zero-order valence-electron chi connectivity index (χ0n) is 10.9. The molecule has 110 valence electrons. The number of hydrogen-bond acceptors (Lipinski definition) is 3.